The van der Waals surface area contributed by atoms with Crippen molar-refractivity contribution in [1.29, 1.82) is 5.41 Å². The third-order valence-corrected chi connectivity index (χ3v) is 1.52. The topological polar surface area (TPSA) is 36.2 Å². The highest BCUT2D eigenvalue weighted by Gasteiger charge is 1.78. The molecule has 0 aliphatic rings. The number of nitrogens with zero attached hydrogens (tertiary/aromatic N) is 1. The minimum Gasteiger partial charge on any atom is -0.304 e. The lowest BCUT2D eigenvalue weighted by Gasteiger charge is -1.85. The van der Waals surface area contributed by atoms with Gasteiger partial charge in [-0.25, -0.2) is 0 Å². The van der Waals surface area contributed by atoms with Crippen LogP contribution in [0.2, 0.25) is 0 Å². The van der Waals surface area contributed by atoms with E-state index in [1.54, 1.807) is 6.92 Å². The van der Waals surface area contributed by atoms with Crippen LogP contribution in [0.1, 0.15) is 13.8 Å². The molecule has 0 radical (unpaired) electrons. The summed E-state index contributed by atoms with van der Waals surface area (Å²) in [4.78, 5) is 3.95. The monoisotopic (exact) mass is 236 g/mol. The van der Waals surface area contributed by atoms with Gasteiger partial charge in [0.2, 0.25) is 0 Å². The molecule has 0 saturated heterocycles. The second-order valence-corrected chi connectivity index (χ2v) is 2.31. The lowest BCUT2D eigenvalue weighted by atomic mass is 10.5. The lowest BCUT2D eigenvalue weighted by Crippen LogP contribution is -1.87. The Bertz CT molecular complexity index is 158. The zero-order chi connectivity index (χ0) is 7.28. The van der Waals surface area contributed by atoms with Gasteiger partial charge in [-0.15, -0.1) is 0 Å². The van der Waals surface area contributed by atoms with Crippen LogP contribution in [0.4, 0.5) is 0 Å². The fraction of sp³-hybridized carbons (Fsp3) is 0.333. The predicted octanol–water partition coefficient (Wildman–Crippen LogP) is 2.39. The van der Waals surface area contributed by atoms with Crippen molar-refractivity contribution in [3.05, 3.63) is 9.78 Å². The molecular formula is C6H9IN2. The van der Waals surface area contributed by atoms with Crippen LogP contribution in [0.3, 0.4) is 0 Å². The Hall–Kier alpha value is -0.190. The standard InChI is InChI=1S/C6H9IN2/c1-5(8)4-9-6(2)3-7/h3-4,8H,1-2H3/b6-3-,8-5?,9-4?. The van der Waals surface area contributed by atoms with Crippen molar-refractivity contribution in [3.63, 3.8) is 0 Å². The Morgan fingerprint density at radius 2 is 2.11 bits per heavy atom. The molecule has 0 aromatic heterocycles. The molecule has 0 aliphatic carbocycles. The maximum Gasteiger partial charge on any atom is 0.0476 e. The van der Waals surface area contributed by atoms with Gasteiger partial charge in [0.25, 0.3) is 0 Å². The Kier molecular flexibility index (Phi) is 4.57. The first-order valence-corrected chi connectivity index (χ1v) is 3.77. The molecule has 50 valence electrons. The molecule has 0 heterocycles. The second-order valence-electron chi connectivity index (χ2n) is 1.69. The summed E-state index contributed by atoms with van der Waals surface area (Å²) < 4.78 is 1.87. The van der Waals surface area contributed by atoms with E-state index in [0.29, 0.717) is 5.71 Å². The van der Waals surface area contributed by atoms with Crippen LogP contribution >= 0.6 is 22.6 Å². The molecule has 0 atom stereocenters. The van der Waals surface area contributed by atoms with Crippen LogP contribution in [0.5, 0.6) is 0 Å². The van der Waals surface area contributed by atoms with Crippen molar-refractivity contribution in [3.8, 4) is 0 Å². The van der Waals surface area contributed by atoms with Gasteiger partial charge < -0.3 is 5.41 Å². The first kappa shape index (κ1) is 8.81. The molecule has 0 aliphatic heterocycles. The van der Waals surface area contributed by atoms with Crippen LogP contribution in [0.15, 0.2) is 14.8 Å². The van der Waals surface area contributed by atoms with Gasteiger partial charge in [0, 0.05) is 17.6 Å². The molecule has 0 amide bonds. The van der Waals surface area contributed by atoms with Gasteiger partial charge in [-0.3, -0.25) is 4.99 Å². The van der Waals surface area contributed by atoms with E-state index < -0.39 is 0 Å². The maximum atomic E-state index is 6.98. The smallest absolute Gasteiger partial charge is 0.0476 e. The van der Waals surface area contributed by atoms with E-state index >= 15 is 0 Å². The average Bonchev–Trinajstić information content (AvgIpc) is 1.83. The van der Waals surface area contributed by atoms with Crippen LogP contribution in [-0.4, -0.2) is 11.9 Å². The molecule has 1 N–H and O–H groups in total. The Morgan fingerprint density at radius 3 is 2.44 bits per heavy atom. The third-order valence-electron chi connectivity index (χ3n) is 0.620. The van der Waals surface area contributed by atoms with Gasteiger partial charge in [0.1, 0.15) is 0 Å². The first-order chi connectivity index (χ1) is 4.16. The second kappa shape index (κ2) is 4.67. The number of nitrogens with one attached hydrogen (secondary N) is 1. The molecule has 9 heavy (non-hydrogen) atoms. The SMILES string of the molecule is CC(=N)C=N/C(C)=C\I. The van der Waals surface area contributed by atoms with E-state index in [-0.39, 0.29) is 0 Å². The lowest BCUT2D eigenvalue weighted by molar-refractivity contribution is 1.34. The minimum absolute atomic E-state index is 0.479. The normalized spacial score (nSPS) is 12.6. The van der Waals surface area contributed by atoms with Crippen LogP contribution < -0.4 is 0 Å². The van der Waals surface area contributed by atoms with Gasteiger partial charge in [-0.1, -0.05) is 22.6 Å². The van der Waals surface area contributed by atoms with Gasteiger partial charge in [0.15, 0.2) is 0 Å². The van der Waals surface area contributed by atoms with E-state index in [1.165, 1.54) is 6.21 Å². The number of hydrogen-bond acceptors (Lipinski definition) is 2. The number of rotatable bonds is 2. The zero-order valence-electron chi connectivity index (χ0n) is 5.48. The number of halogens is 1. The van der Waals surface area contributed by atoms with Gasteiger partial charge in [-0.2, -0.15) is 0 Å². The molecule has 0 bridgehead atoms. The number of aliphatic imine (C=N–C) groups is 1. The molecule has 0 fully saturated rings. The highest BCUT2D eigenvalue weighted by Crippen LogP contribution is 1.97. The molecule has 0 rings (SSSR count). The van der Waals surface area contributed by atoms with Crippen molar-refractivity contribution >= 4 is 34.5 Å². The fourth-order valence-corrected chi connectivity index (χ4v) is 0.388. The fourth-order valence-electron chi connectivity index (χ4n) is 0.227. The van der Waals surface area contributed by atoms with Crippen molar-refractivity contribution in [2.75, 3.05) is 0 Å². The van der Waals surface area contributed by atoms with Crippen molar-refractivity contribution in [1.82, 2.24) is 0 Å². The zero-order valence-corrected chi connectivity index (χ0v) is 7.64. The molecule has 0 aromatic carbocycles. The van der Waals surface area contributed by atoms with Crippen LogP contribution in [-0.2, 0) is 0 Å². The Morgan fingerprint density at radius 1 is 1.56 bits per heavy atom. The summed E-state index contributed by atoms with van der Waals surface area (Å²) in [6, 6.07) is 0. The quantitative estimate of drug-likeness (QED) is 0.564. The largest absolute Gasteiger partial charge is 0.304 e. The average molecular weight is 236 g/mol. The van der Waals surface area contributed by atoms with E-state index in [0.717, 1.165) is 5.70 Å². The van der Waals surface area contributed by atoms with Crippen molar-refractivity contribution in [2.24, 2.45) is 4.99 Å². The van der Waals surface area contributed by atoms with Crippen molar-refractivity contribution in [2.45, 2.75) is 13.8 Å². The molecule has 0 saturated carbocycles. The van der Waals surface area contributed by atoms with E-state index in [4.69, 9.17) is 5.41 Å². The molecular weight excluding hydrogens is 227 g/mol. The summed E-state index contributed by atoms with van der Waals surface area (Å²) in [5.74, 6) is 0. The van der Waals surface area contributed by atoms with E-state index in [9.17, 15) is 0 Å². The number of allylic oxidation sites excluding steroid dienone is 1. The molecule has 0 spiro atoms. The molecule has 2 nitrogen and oxygen atoms in total. The van der Waals surface area contributed by atoms with Gasteiger partial charge in [-0.05, 0) is 17.9 Å². The number of hydrogen-bond donors (Lipinski definition) is 1. The predicted molar refractivity (Wildman–Crippen MR) is 49.7 cm³/mol. The molecule has 0 aromatic rings. The van der Waals surface area contributed by atoms with E-state index in [1.807, 2.05) is 11.0 Å². The van der Waals surface area contributed by atoms with Gasteiger partial charge >= 0.3 is 0 Å². The summed E-state index contributed by atoms with van der Waals surface area (Å²) >= 11 is 2.11. The summed E-state index contributed by atoms with van der Waals surface area (Å²) in [6.07, 6.45) is 1.53. The Labute approximate surface area is 68.7 Å². The van der Waals surface area contributed by atoms with Crippen LogP contribution in [0, 0.1) is 5.41 Å². The summed E-state index contributed by atoms with van der Waals surface area (Å²) in [7, 11) is 0. The highest BCUT2D eigenvalue weighted by atomic mass is 127. The van der Waals surface area contributed by atoms with Crippen molar-refractivity contribution < 1.29 is 0 Å². The minimum atomic E-state index is 0.479. The third kappa shape index (κ3) is 5.68. The first-order valence-electron chi connectivity index (χ1n) is 2.53. The molecule has 3 heteroatoms. The summed E-state index contributed by atoms with van der Waals surface area (Å²) in [5, 5.41) is 6.98. The maximum absolute atomic E-state index is 6.98. The summed E-state index contributed by atoms with van der Waals surface area (Å²) in [5.41, 5.74) is 1.41. The van der Waals surface area contributed by atoms with Gasteiger partial charge in [0.05, 0.1) is 0 Å². The van der Waals surface area contributed by atoms with E-state index in [2.05, 4.69) is 27.6 Å². The summed E-state index contributed by atoms with van der Waals surface area (Å²) in [6.45, 7) is 3.59. The molecule has 0 unspecified atom stereocenters. The van der Waals surface area contributed by atoms with Crippen LogP contribution in [0.25, 0.3) is 0 Å². The Balaban J connectivity index is 3.86. The highest BCUT2D eigenvalue weighted by molar-refractivity contribution is 14.1.